The number of alkyl halides is 3. The molecule has 3 heterocycles. The van der Waals surface area contributed by atoms with Crippen LogP contribution in [0.2, 0.25) is 0 Å². The average Bonchev–Trinajstić information content (AvgIpc) is 3.02. The highest BCUT2D eigenvalue weighted by Crippen LogP contribution is 2.34. The summed E-state index contributed by atoms with van der Waals surface area (Å²) in [4.78, 5) is 35.9. The zero-order valence-electron chi connectivity index (χ0n) is 25.2. The minimum atomic E-state index is -4.61. The second-order valence-corrected chi connectivity index (χ2v) is 11.5. The van der Waals surface area contributed by atoms with Gasteiger partial charge in [0.1, 0.15) is 0 Å². The lowest BCUT2D eigenvalue weighted by Gasteiger charge is -2.34. The molecule has 0 radical (unpaired) electrons. The predicted molar refractivity (Wildman–Crippen MR) is 171 cm³/mol. The molecule has 0 unspecified atom stereocenters. The van der Waals surface area contributed by atoms with Gasteiger partial charge in [-0.25, -0.2) is 0 Å². The molecule has 1 N–H and O–H groups in total. The van der Waals surface area contributed by atoms with E-state index in [-0.39, 0.29) is 11.1 Å². The Hall–Kier alpha value is -4.96. The monoisotopic (exact) mass is 611 g/mol. The number of hydrogen-bond donors (Lipinski definition) is 1. The fourth-order valence-electron chi connectivity index (χ4n) is 5.68. The molecule has 1 amide bonds. The summed E-state index contributed by atoms with van der Waals surface area (Å²) in [5.41, 5.74) is 3.45. The van der Waals surface area contributed by atoms with Gasteiger partial charge in [0.2, 0.25) is 0 Å². The first-order chi connectivity index (χ1) is 21.5. The number of para-hydroxylation sites is 1. The maximum absolute atomic E-state index is 14.1. The Kier molecular flexibility index (Phi) is 7.92. The van der Waals surface area contributed by atoms with Crippen molar-refractivity contribution in [3.8, 4) is 16.8 Å². The number of rotatable bonds is 5. The van der Waals surface area contributed by atoms with Crippen molar-refractivity contribution < 1.29 is 18.0 Å². The molecule has 10 heteroatoms. The highest BCUT2D eigenvalue weighted by Gasteiger charge is 2.33. The molecule has 3 aromatic carbocycles. The summed E-state index contributed by atoms with van der Waals surface area (Å²) in [5.74, 6) is -0.675. The quantitative estimate of drug-likeness (QED) is 0.240. The Labute approximate surface area is 258 Å². The van der Waals surface area contributed by atoms with Crippen LogP contribution >= 0.6 is 0 Å². The van der Waals surface area contributed by atoms with Crippen molar-refractivity contribution in [3.63, 3.8) is 0 Å². The van der Waals surface area contributed by atoms with Crippen LogP contribution in [0.5, 0.6) is 0 Å². The van der Waals surface area contributed by atoms with E-state index in [1.165, 1.54) is 6.07 Å². The number of carbonyl (C=O) groups is 1. The van der Waals surface area contributed by atoms with Gasteiger partial charge < -0.3 is 15.1 Å². The summed E-state index contributed by atoms with van der Waals surface area (Å²) in [6, 6.07) is 21.6. The molecule has 5 aromatic rings. The van der Waals surface area contributed by atoms with E-state index in [0.29, 0.717) is 59.9 Å². The Morgan fingerprint density at radius 1 is 0.844 bits per heavy atom. The van der Waals surface area contributed by atoms with Gasteiger partial charge in [-0.05, 0) is 86.6 Å². The first-order valence-corrected chi connectivity index (χ1v) is 14.6. The van der Waals surface area contributed by atoms with Gasteiger partial charge in [-0.1, -0.05) is 24.3 Å². The number of nitrogens with one attached hydrogen (secondary N) is 1. The number of pyridine rings is 2. The summed E-state index contributed by atoms with van der Waals surface area (Å²) in [6.45, 7) is 6.26. The zero-order valence-corrected chi connectivity index (χ0v) is 25.2. The fraction of sp³-hybridized carbons (Fsp3) is 0.229. The summed E-state index contributed by atoms with van der Waals surface area (Å²) < 4.78 is 43.3. The third kappa shape index (κ3) is 6.19. The van der Waals surface area contributed by atoms with Crippen molar-refractivity contribution in [2.24, 2.45) is 0 Å². The van der Waals surface area contributed by atoms with Crippen molar-refractivity contribution in [2.45, 2.75) is 20.0 Å². The minimum Gasteiger partial charge on any atom is -0.369 e. The number of benzene rings is 3. The summed E-state index contributed by atoms with van der Waals surface area (Å²) in [7, 11) is 1.96. The van der Waals surface area contributed by atoms with Crippen LogP contribution < -0.4 is 15.8 Å². The number of amides is 1. The number of aryl methyl sites for hydroxylation is 2. The van der Waals surface area contributed by atoms with Crippen LogP contribution in [0, 0.1) is 13.8 Å². The van der Waals surface area contributed by atoms with Crippen molar-refractivity contribution in [1.29, 1.82) is 0 Å². The molecular weight excluding hydrogens is 579 g/mol. The molecule has 1 fully saturated rings. The molecule has 1 saturated heterocycles. The van der Waals surface area contributed by atoms with Crippen molar-refractivity contribution in [1.82, 2.24) is 14.5 Å². The normalized spacial score (nSPS) is 14.1. The number of fused-ring (bicyclic) bond motifs is 1. The van der Waals surface area contributed by atoms with Crippen LogP contribution in [0.1, 0.15) is 27.2 Å². The van der Waals surface area contributed by atoms with E-state index in [1.807, 2.05) is 62.2 Å². The zero-order chi connectivity index (χ0) is 31.9. The van der Waals surface area contributed by atoms with Crippen LogP contribution in [0.3, 0.4) is 0 Å². The molecule has 6 rings (SSSR count). The summed E-state index contributed by atoms with van der Waals surface area (Å²) in [5, 5.41) is 3.53. The van der Waals surface area contributed by atoms with Gasteiger partial charge in [-0.15, -0.1) is 0 Å². The maximum atomic E-state index is 14.1. The number of aromatic nitrogens is 2. The number of anilines is 2. The van der Waals surface area contributed by atoms with Gasteiger partial charge in [0.05, 0.1) is 11.1 Å². The van der Waals surface area contributed by atoms with Crippen LogP contribution in [-0.2, 0) is 6.18 Å². The SMILES string of the molecule is Cc1cc2c(cn1)cc(-c1cc(NC(=O)c3cc(N4CCN(C)CC4)cc(C(F)(F)F)c3)ccc1C)c(=O)n2-c1ccccc1. The van der Waals surface area contributed by atoms with Crippen LogP contribution in [-0.4, -0.2) is 53.6 Å². The summed E-state index contributed by atoms with van der Waals surface area (Å²) >= 11 is 0. The molecule has 1 aliphatic heterocycles. The number of piperazine rings is 1. The molecule has 0 saturated carbocycles. The van der Waals surface area contributed by atoms with E-state index in [2.05, 4.69) is 15.2 Å². The number of halogens is 3. The molecule has 230 valence electrons. The molecule has 0 bridgehead atoms. The lowest BCUT2D eigenvalue weighted by molar-refractivity contribution is -0.137. The van der Waals surface area contributed by atoms with Crippen LogP contribution in [0.15, 0.2) is 89.9 Å². The van der Waals surface area contributed by atoms with Crippen molar-refractivity contribution >= 4 is 28.2 Å². The Balaban J connectivity index is 1.39. The molecule has 2 aromatic heterocycles. The van der Waals surface area contributed by atoms with E-state index in [1.54, 1.807) is 35.0 Å². The third-order valence-corrected chi connectivity index (χ3v) is 8.20. The third-order valence-electron chi connectivity index (χ3n) is 8.20. The summed E-state index contributed by atoms with van der Waals surface area (Å²) in [6.07, 6.45) is -2.89. The molecule has 7 nitrogen and oxygen atoms in total. The van der Waals surface area contributed by atoms with Crippen LogP contribution in [0.4, 0.5) is 24.5 Å². The van der Waals surface area contributed by atoms with E-state index >= 15 is 0 Å². The van der Waals surface area contributed by atoms with Crippen molar-refractivity contribution in [3.05, 3.63) is 118 Å². The molecule has 45 heavy (non-hydrogen) atoms. The smallest absolute Gasteiger partial charge is 0.369 e. The lowest BCUT2D eigenvalue weighted by atomic mass is 9.99. The van der Waals surface area contributed by atoms with Gasteiger partial charge in [-0.2, -0.15) is 13.2 Å². The molecule has 0 aliphatic carbocycles. The highest BCUT2D eigenvalue weighted by atomic mass is 19.4. The van der Waals surface area contributed by atoms with E-state index < -0.39 is 17.6 Å². The number of nitrogens with zero attached hydrogens (tertiary/aromatic N) is 4. The molecular formula is C35H32F3N5O2. The van der Waals surface area contributed by atoms with Gasteiger partial charge in [-0.3, -0.25) is 19.1 Å². The number of hydrogen-bond acceptors (Lipinski definition) is 5. The van der Waals surface area contributed by atoms with Gasteiger partial charge in [0.15, 0.2) is 0 Å². The van der Waals surface area contributed by atoms with Crippen molar-refractivity contribution in [2.75, 3.05) is 43.4 Å². The second kappa shape index (κ2) is 11.9. The highest BCUT2D eigenvalue weighted by molar-refractivity contribution is 6.05. The Bertz CT molecular complexity index is 1960. The number of likely N-dealkylation sites (N-methyl/N-ethyl adjacent to an activating group) is 1. The molecule has 1 aliphatic rings. The fourth-order valence-corrected chi connectivity index (χ4v) is 5.68. The largest absolute Gasteiger partial charge is 0.416 e. The molecule has 0 spiro atoms. The Morgan fingerprint density at radius 3 is 2.29 bits per heavy atom. The van der Waals surface area contributed by atoms with Gasteiger partial charge in [0, 0.05) is 71.6 Å². The average molecular weight is 612 g/mol. The lowest BCUT2D eigenvalue weighted by Crippen LogP contribution is -2.44. The van der Waals surface area contributed by atoms with E-state index in [4.69, 9.17) is 0 Å². The standard InChI is InChI=1S/C35H32F3N5O2/c1-22-9-10-27(40-33(44)24-16-26(35(36,37)38)19-29(17-24)42-13-11-41(3)12-14-42)20-30(22)31-18-25-21-39-23(2)15-32(25)43(34(31)45)28-7-5-4-6-8-28/h4-10,15-21H,11-14H2,1-3H3,(H,40,44). The first-order valence-electron chi connectivity index (χ1n) is 14.6. The number of carbonyl (C=O) groups excluding carboxylic acids is 1. The van der Waals surface area contributed by atoms with Crippen LogP contribution in [0.25, 0.3) is 27.7 Å². The van der Waals surface area contributed by atoms with Gasteiger partial charge >= 0.3 is 6.18 Å². The maximum Gasteiger partial charge on any atom is 0.416 e. The Morgan fingerprint density at radius 2 is 1.58 bits per heavy atom. The molecule has 0 atom stereocenters. The predicted octanol–water partition coefficient (Wildman–Crippen LogP) is 6.69. The van der Waals surface area contributed by atoms with E-state index in [0.717, 1.165) is 28.8 Å². The topological polar surface area (TPSA) is 70.5 Å². The minimum absolute atomic E-state index is 0.0977. The second-order valence-electron chi connectivity index (χ2n) is 11.5. The van der Waals surface area contributed by atoms with E-state index in [9.17, 15) is 22.8 Å². The van der Waals surface area contributed by atoms with Gasteiger partial charge in [0.25, 0.3) is 11.5 Å². The first kappa shape index (κ1) is 30.1.